The molecule has 4 atom stereocenters. The third-order valence-electron chi connectivity index (χ3n) is 14.0. The number of hydrazine groups is 1. The normalized spacial score (nSPS) is 20.0. The number of carbonyl (C=O) groups is 4. The van der Waals surface area contributed by atoms with Gasteiger partial charge in [0.15, 0.2) is 0 Å². The molecule has 0 radical (unpaired) electrons. The van der Waals surface area contributed by atoms with Crippen LogP contribution in [-0.4, -0.2) is 126 Å². The quantitative estimate of drug-likeness (QED) is 0.125. The van der Waals surface area contributed by atoms with Crippen molar-refractivity contribution in [1.29, 1.82) is 0 Å². The molecule has 2 fully saturated rings. The molecule has 7 rings (SSSR count). The molecule has 0 aliphatic carbocycles. The Morgan fingerprint density at radius 3 is 2.51 bits per heavy atom. The number of pyridine rings is 1. The number of hydrogen-bond donors (Lipinski definition) is 2. The van der Waals surface area contributed by atoms with E-state index in [1.807, 2.05) is 71.8 Å². The van der Waals surface area contributed by atoms with Gasteiger partial charge in [0.2, 0.25) is 5.91 Å². The summed E-state index contributed by atoms with van der Waals surface area (Å²) in [5.41, 5.74) is 10.2. The van der Waals surface area contributed by atoms with E-state index in [0.29, 0.717) is 45.4 Å². The molecule has 14 heteroatoms. The van der Waals surface area contributed by atoms with Crippen LogP contribution >= 0.6 is 0 Å². The van der Waals surface area contributed by atoms with Crippen molar-refractivity contribution in [1.82, 2.24) is 35.1 Å². The smallest absolute Gasteiger partial charge is 0.324 e. The van der Waals surface area contributed by atoms with E-state index in [9.17, 15) is 19.2 Å². The third-order valence-corrected chi connectivity index (χ3v) is 14.0. The molecule has 364 valence electrons. The zero-order valence-corrected chi connectivity index (χ0v) is 41.9. The molecule has 2 N–H and O–H groups in total. The van der Waals surface area contributed by atoms with E-state index < -0.39 is 34.9 Å². The van der Waals surface area contributed by atoms with E-state index >= 15 is 0 Å². The Labute approximate surface area is 402 Å². The number of ether oxygens (including phenoxy) is 3. The third kappa shape index (κ3) is 11.1. The van der Waals surface area contributed by atoms with Gasteiger partial charge in [0.1, 0.15) is 12.1 Å². The summed E-state index contributed by atoms with van der Waals surface area (Å²) in [6.45, 7) is 18.4. The molecule has 2 aromatic heterocycles. The van der Waals surface area contributed by atoms with Crippen LogP contribution in [0.25, 0.3) is 33.3 Å². The summed E-state index contributed by atoms with van der Waals surface area (Å²) in [5, 5.41) is 5.70. The summed E-state index contributed by atoms with van der Waals surface area (Å²) in [4.78, 5) is 64.2. The number of aromatic nitrogens is 2. The van der Waals surface area contributed by atoms with E-state index in [0.717, 1.165) is 50.1 Å². The monoisotopic (exact) mass is 930 g/mol. The van der Waals surface area contributed by atoms with Gasteiger partial charge in [-0.05, 0) is 119 Å². The molecule has 0 saturated carbocycles. The second-order valence-electron chi connectivity index (χ2n) is 20.6. The fourth-order valence-corrected chi connectivity index (χ4v) is 9.18. The second kappa shape index (κ2) is 21.0. The standard InChI is InChI=1S/C54H71N7O7/c1-12-60-46-21-20-38-28-41(46)42(49(60)40-18-14-24-55-48(40)35(4)66-11)29-53(5,6)33-68-52(65)44-19-15-25-61(57-44)51(64)45(27-36-16-13-17-37(38)26-36)56-50(63)43(34(2)3)32-67-39-30-59(31-39)47(62)22-23-54(7,8)58(9)10/h13-14,16-18,20-21,24,26,28,34-35,39,43-45,57H,12,15,19,25,27,29-33H2,1-11H3,(H,56,63)/t35-,43?,44-,45-/m0/s1. The number of esters is 1. The highest BCUT2D eigenvalue weighted by atomic mass is 16.5. The van der Waals surface area contributed by atoms with Crippen molar-refractivity contribution in [2.24, 2.45) is 17.3 Å². The van der Waals surface area contributed by atoms with Gasteiger partial charge in [-0.25, -0.2) is 5.43 Å². The van der Waals surface area contributed by atoms with Crippen LogP contribution < -0.4 is 10.7 Å². The highest BCUT2D eigenvalue weighted by Gasteiger charge is 2.38. The number of nitrogens with one attached hydrogen (secondary N) is 2. The maximum Gasteiger partial charge on any atom is 0.324 e. The lowest BCUT2D eigenvalue weighted by molar-refractivity contribution is -0.155. The largest absolute Gasteiger partial charge is 0.464 e. The number of likely N-dealkylation sites (tertiary alicyclic amines) is 1. The van der Waals surface area contributed by atoms with Crippen LogP contribution in [0.1, 0.15) is 91.2 Å². The molecule has 2 saturated heterocycles. The maximum atomic E-state index is 14.7. The van der Waals surface area contributed by atoms with Gasteiger partial charge >= 0.3 is 5.97 Å². The molecule has 3 aliphatic rings. The summed E-state index contributed by atoms with van der Waals surface area (Å²) in [6.07, 6.45) is 3.22. The lowest BCUT2D eigenvalue weighted by atomic mass is 9.84. The first-order valence-electron chi connectivity index (χ1n) is 24.2. The SMILES string of the molecule is CCn1c(-c2cccnc2[C@H](C)OC)c2c3cc(ccc31)-c1cccc(c1)C[C@H](NC(=O)C(COC1CN(C(=O)C#CC(C)(C)N(C)C)C1)C(C)C)C(=O)N1CCC[C@H](N1)C(=O)OCC(C)(C)C2. The Morgan fingerprint density at radius 1 is 1.06 bits per heavy atom. The highest BCUT2D eigenvalue weighted by molar-refractivity contribution is 5.96. The average Bonchev–Trinajstić information content (AvgIpc) is 3.60. The van der Waals surface area contributed by atoms with Crippen LogP contribution in [-0.2, 0) is 52.8 Å². The van der Waals surface area contributed by atoms with E-state index in [-0.39, 0.29) is 55.5 Å². The van der Waals surface area contributed by atoms with Crippen LogP contribution in [0.3, 0.4) is 0 Å². The zero-order chi connectivity index (χ0) is 49.1. The molecule has 68 heavy (non-hydrogen) atoms. The number of amides is 3. The van der Waals surface area contributed by atoms with Crippen LogP contribution in [0, 0.1) is 29.1 Å². The minimum atomic E-state index is -0.959. The molecule has 14 nitrogen and oxygen atoms in total. The van der Waals surface area contributed by atoms with Crippen molar-refractivity contribution in [2.75, 3.05) is 54.1 Å². The molecular weight excluding hydrogens is 859 g/mol. The summed E-state index contributed by atoms with van der Waals surface area (Å²) < 4.78 is 20.5. The molecule has 3 amide bonds. The Kier molecular flexibility index (Phi) is 15.5. The van der Waals surface area contributed by atoms with E-state index in [4.69, 9.17) is 19.2 Å². The van der Waals surface area contributed by atoms with Gasteiger partial charge in [0.05, 0.1) is 48.3 Å². The van der Waals surface area contributed by atoms with Crippen molar-refractivity contribution < 1.29 is 33.4 Å². The summed E-state index contributed by atoms with van der Waals surface area (Å²) >= 11 is 0. The zero-order valence-electron chi connectivity index (χ0n) is 41.9. The molecule has 5 heterocycles. The van der Waals surface area contributed by atoms with Crippen LogP contribution in [0.15, 0.2) is 60.8 Å². The van der Waals surface area contributed by atoms with Crippen molar-refractivity contribution in [3.63, 3.8) is 0 Å². The van der Waals surface area contributed by atoms with Gasteiger partial charge in [-0.3, -0.25) is 34.1 Å². The molecule has 0 spiro atoms. The predicted molar refractivity (Wildman–Crippen MR) is 264 cm³/mol. The fraction of sp³-hybridized carbons (Fsp3) is 0.537. The van der Waals surface area contributed by atoms with Crippen molar-refractivity contribution in [3.8, 4) is 34.2 Å². The van der Waals surface area contributed by atoms with Crippen LogP contribution in [0.2, 0.25) is 0 Å². The first-order valence-corrected chi connectivity index (χ1v) is 24.2. The van der Waals surface area contributed by atoms with E-state index in [1.165, 1.54) is 5.01 Å². The lowest BCUT2D eigenvalue weighted by Crippen LogP contribution is -2.61. The van der Waals surface area contributed by atoms with Gasteiger partial charge in [0.25, 0.3) is 11.8 Å². The predicted octanol–water partition coefficient (Wildman–Crippen LogP) is 6.59. The number of carbonyl (C=O) groups excluding carboxylic acids is 4. The number of fused-ring (bicyclic) bond motifs is 6. The second-order valence-corrected chi connectivity index (χ2v) is 20.6. The van der Waals surface area contributed by atoms with Crippen LogP contribution in [0.5, 0.6) is 0 Å². The molecule has 1 unspecified atom stereocenters. The molecular formula is C54H71N7O7. The molecule has 2 aromatic carbocycles. The first kappa shape index (κ1) is 50.3. The van der Waals surface area contributed by atoms with Gasteiger partial charge in [-0.2, -0.15) is 0 Å². The Morgan fingerprint density at radius 2 is 1.81 bits per heavy atom. The highest BCUT2D eigenvalue weighted by Crippen LogP contribution is 2.42. The van der Waals surface area contributed by atoms with Gasteiger partial charge in [0, 0.05) is 67.8 Å². The number of cyclic esters (lactones) is 1. The molecule has 6 bridgehead atoms. The molecule has 3 aliphatic heterocycles. The van der Waals surface area contributed by atoms with Crippen molar-refractivity contribution in [3.05, 3.63) is 77.6 Å². The minimum absolute atomic E-state index is 0.114. The number of benzene rings is 2. The van der Waals surface area contributed by atoms with Crippen molar-refractivity contribution in [2.45, 2.75) is 117 Å². The van der Waals surface area contributed by atoms with Crippen molar-refractivity contribution >= 4 is 34.6 Å². The van der Waals surface area contributed by atoms with Gasteiger partial charge < -0.3 is 29.0 Å². The van der Waals surface area contributed by atoms with Gasteiger partial charge in [-0.1, -0.05) is 63.9 Å². The van der Waals surface area contributed by atoms with E-state index in [1.54, 1.807) is 18.2 Å². The number of aryl methyl sites for hydroxylation is 1. The van der Waals surface area contributed by atoms with Crippen LogP contribution in [0.4, 0.5) is 0 Å². The first-order chi connectivity index (χ1) is 32.3. The summed E-state index contributed by atoms with van der Waals surface area (Å²) in [7, 11) is 5.54. The topological polar surface area (TPSA) is 148 Å². The van der Waals surface area contributed by atoms with E-state index in [2.05, 4.69) is 84.3 Å². The fourth-order valence-electron chi connectivity index (χ4n) is 9.18. The Balaban J connectivity index is 1.20. The van der Waals surface area contributed by atoms with Gasteiger partial charge in [-0.15, -0.1) is 0 Å². The molecule has 4 aromatic rings. The maximum absolute atomic E-state index is 14.7. The number of nitrogens with zero attached hydrogens (tertiary/aromatic N) is 5. The number of methoxy groups -OCH3 is 1. The average molecular weight is 930 g/mol. The summed E-state index contributed by atoms with van der Waals surface area (Å²) in [6, 6.07) is 17.1. The minimum Gasteiger partial charge on any atom is -0.464 e. The number of hydrogen-bond acceptors (Lipinski definition) is 10. The Bertz CT molecular complexity index is 2560. The Hall–Kier alpha value is -5.59. The number of rotatable bonds is 11. The lowest BCUT2D eigenvalue weighted by Gasteiger charge is -2.39. The summed E-state index contributed by atoms with van der Waals surface area (Å²) in [5.74, 6) is 3.81.